The Morgan fingerprint density at radius 3 is 1.78 bits per heavy atom. The second-order valence-electron chi connectivity index (χ2n) is 8.17. The molecule has 2 atom stereocenters. The Morgan fingerprint density at radius 2 is 1.33 bits per heavy atom. The molecule has 5 heteroatoms. The Bertz CT molecular complexity index is 625. The fraction of sp³-hybridized carbons (Fsp3) is 0.636. The van der Waals surface area contributed by atoms with E-state index < -0.39 is 23.8 Å². The Labute approximate surface area is 171 Å². The van der Waals surface area contributed by atoms with Crippen LogP contribution in [0.2, 0.25) is 0 Å². The van der Waals surface area contributed by atoms with Gasteiger partial charge in [0, 0.05) is 4.47 Å². The van der Waals surface area contributed by atoms with E-state index >= 15 is 0 Å². The van der Waals surface area contributed by atoms with Gasteiger partial charge in [-0.25, -0.2) is 0 Å². The molecule has 2 unspecified atom stereocenters. The van der Waals surface area contributed by atoms with E-state index in [9.17, 15) is 19.8 Å². The Balaban J connectivity index is 3.20. The average Bonchev–Trinajstić information content (AvgIpc) is 2.55. The number of benzene rings is 1. The van der Waals surface area contributed by atoms with Crippen LogP contribution in [0, 0.1) is 11.8 Å². The number of rotatable bonds is 12. The van der Waals surface area contributed by atoms with E-state index in [1.165, 1.54) is 0 Å². The van der Waals surface area contributed by atoms with Crippen LogP contribution in [0.4, 0.5) is 0 Å². The zero-order valence-electron chi connectivity index (χ0n) is 16.9. The molecule has 0 spiro atoms. The highest BCUT2D eigenvalue weighted by Gasteiger charge is 2.30. The first-order chi connectivity index (χ1) is 12.6. The molecule has 0 amide bonds. The molecule has 0 heterocycles. The van der Waals surface area contributed by atoms with Crippen molar-refractivity contribution < 1.29 is 19.8 Å². The largest absolute Gasteiger partial charge is 0.481 e. The molecular formula is C22H33BrO4. The first-order valence-electron chi connectivity index (χ1n) is 9.89. The zero-order valence-corrected chi connectivity index (χ0v) is 18.5. The smallest absolute Gasteiger partial charge is 0.311 e. The van der Waals surface area contributed by atoms with Gasteiger partial charge in [-0.1, -0.05) is 81.4 Å². The summed E-state index contributed by atoms with van der Waals surface area (Å²) in [6, 6.07) is 5.39. The van der Waals surface area contributed by atoms with Gasteiger partial charge in [-0.15, -0.1) is 0 Å². The van der Waals surface area contributed by atoms with E-state index in [1.807, 2.05) is 6.07 Å². The van der Waals surface area contributed by atoms with E-state index in [-0.39, 0.29) is 0 Å². The summed E-state index contributed by atoms with van der Waals surface area (Å²) in [6.45, 7) is 8.48. The van der Waals surface area contributed by atoms with Gasteiger partial charge in [-0.2, -0.15) is 0 Å². The van der Waals surface area contributed by atoms with E-state index in [2.05, 4.69) is 43.6 Å². The Hall–Kier alpha value is -1.36. The standard InChI is InChI=1S/C22H33BrO4/c1-14(2)8-5-11-17(21(24)25)16-10-7-13-19(23)20(16)18(22(26)27)12-6-9-15(3)4/h7,10,13-15,17-18H,5-6,8-9,11-12H2,1-4H3,(H,24,25)(H,26,27). The number of carboxylic acid groups (broad SMARTS) is 2. The summed E-state index contributed by atoms with van der Waals surface area (Å²) in [7, 11) is 0. The number of carboxylic acids is 2. The second kappa shape index (κ2) is 11.5. The lowest BCUT2D eigenvalue weighted by Crippen LogP contribution is -2.20. The van der Waals surface area contributed by atoms with Gasteiger partial charge >= 0.3 is 11.9 Å². The fourth-order valence-electron chi connectivity index (χ4n) is 3.49. The summed E-state index contributed by atoms with van der Waals surface area (Å²) in [5.74, 6) is -2.11. The average molecular weight is 441 g/mol. The highest BCUT2D eigenvalue weighted by Crippen LogP contribution is 2.38. The maximum Gasteiger partial charge on any atom is 0.311 e. The van der Waals surface area contributed by atoms with Crippen LogP contribution in [-0.4, -0.2) is 22.2 Å². The van der Waals surface area contributed by atoms with E-state index in [0.717, 1.165) is 25.7 Å². The molecule has 1 rings (SSSR count). The molecule has 0 bridgehead atoms. The quantitative estimate of drug-likeness (QED) is 0.392. The van der Waals surface area contributed by atoms with Gasteiger partial charge in [-0.05, 0) is 41.9 Å². The molecule has 0 saturated carbocycles. The van der Waals surface area contributed by atoms with Gasteiger partial charge in [0.05, 0.1) is 11.8 Å². The number of hydrogen-bond acceptors (Lipinski definition) is 2. The highest BCUT2D eigenvalue weighted by atomic mass is 79.9. The molecule has 0 aliphatic heterocycles. The monoisotopic (exact) mass is 440 g/mol. The van der Waals surface area contributed by atoms with Crippen LogP contribution in [0.3, 0.4) is 0 Å². The third-order valence-corrected chi connectivity index (χ3v) is 5.65. The lowest BCUT2D eigenvalue weighted by molar-refractivity contribution is -0.140. The van der Waals surface area contributed by atoms with Crippen molar-refractivity contribution >= 4 is 27.9 Å². The van der Waals surface area contributed by atoms with Crippen molar-refractivity contribution in [3.63, 3.8) is 0 Å². The van der Waals surface area contributed by atoms with Crippen LogP contribution in [-0.2, 0) is 9.59 Å². The normalized spacial score (nSPS) is 13.7. The maximum absolute atomic E-state index is 12.0. The van der Waals surface area contributed by atoms with Crippen LogP contribution >= 0.6 is 15.9 Å². The third-order valence-electron chi connectivity index (χ3n) is 4.96. The van der Waals surface area contributed by atoms with Crippen molar-refractivity contribution in [2.24, 2.45) is 11.8 Å². The van der Waals surface area contributed by atoms with Crippen LogP contribution in [0.25, 0.3) is 0 Å². The molecule has 0 radical (unpaired) electrons. The second-order valence-corrected chi connectivity index (χ2v) is 9.03. The molecule has 0 saturated heterocycles. The molecule has 1 aromatic rings. The van der Waals surface area contributed by atoms with E-state index in [1.54, 1.807) is 12.1 Å². The molecule has 2 N–H and O–H groups in total. The molecule has 152 valence electrons. The highest BCUT2D eigenvalue weighted by molar-refractivity contribution is 9.10. The lowest BCUT2D eigenvalue weighted by atomic mass is 9.82. The maximum atomic E-state index is 12.0. The first kappa shape index (κ1) is 23.7. The summed E-state index contributed by atoms with van der Waals surface area (Å²) in [6.07, 6.45) is 4.58. The summed E-state index contributed by atoms with van der Waals surface area (Å²) in [5.41, 5.74) is 1.27. The van der Waals surface area contributed by atoms with Crippen LogP contribution in [0.1, 0.15) is 89.2 Å². The Morgan fingerprint density at radius 1 is 0.852 bits per heavy atom. The molecule has 0 fully saturated rings. The molecule has 1 aromatic carbocycles. The van der Waals surface area contributed by atoms with E-state index in [0.29, 0.717) is 40.3 Å². The van der Waals surface area contributed by atoms with Gasteiger partial charge in [0.2, 0.25) is 0 Å². The number of halogens is 1. The van der Waals surface area contributed by atoms with Crippen molar-refractivity contribution in [1.29, 1.82) is 0 Å². The summed E-state index contributed by atoms with van der Waals surface area (Å²) >= 11 is 3.49. The lowest BCUT2D eigenvalue weighted by Gasteiger charge is -2.23. The fourth-order valence-corrected chi connectivity index (χ4v) is 4.15. The van der Waals surface area contributed by atoms with Crippen molar-refractivity contribution in [2.75, 3.05) is 0 Å². The van der Waals surface area contributed by atoms with Crippen molar-refractivity contribution in [1.82, 2.24) is 0 Å². The van der Waals surface area contributed by atoms with Gasteiger partial charge in [-0.3, -0.25) is 9.59 Å². The topological polar surface area (TPSA) is 74.6 Å². The molecular weight excluding hydrogens is 408 g/mol. The van der Waals surface area contributed by atoms with Crippen LogP contribution in [0.15, 0.2) is 22.7 Å². The molecule has 0 aromatic heterocycles. The first-order valence-corrected chi connectivity index (χ1v) is 10.7. The minimum absolute atomic E-state index is 0.515. The van der Waals surface area contributed by atoms with Crippen molar-refractivity contribution in [3.05, 3.63) is 33.8 Å². The van der Waals surface area contributed by atoms with Crippen molar-refractivity contribution in [3.8, 4) is 0 Å². The molecule has 0 aliphatic rings. The van der Waals surface area contributed by atoms with Crippen LogP contribution < -0.4 is 0 Å². The van der Waals surface area contributed by atoms with Crippen molar-refractivity contribution in [2.45, 2.75) is 78.1 Å². The molecule has 27 heavy (non-hydrogen) atoms. The van der Waals surface area contributed by atoms with Gasteiger partial charge in [0.15, 0.2) is 0 Å². The summed E-state index contributed by atoms with van der Waals surface area (Å²) < 4.78 is 0.687. The van der Waals surface area contributed by atoms with Gasteiger partial charge < -0.3 is 10.2 Å². The van der Waals surface area contributed by atoms with Gasteiger partial charge in [0.1, 0.15) is 0 Å². The zero-order chi connectivity index (χ0) is 20.6. The Kier molecular flexibility index (Phi) is 10.1. The summed E-state index contributed by atoms with van der Waals surface area (Å²) in [4.78, 5) is 24.0. The minimum Gasteiger partial charge on any atom is -0.481 e. The predicted molar refractivity (Wildman–Crippen MR) is 112 cm³/mol. The summed E-state index contributed by atoms with van der Waals surface area (Å²) in [5, 5.41) is 19.7. The van der Waals surface area contributed by atoms with E-state index in [4.69, 9.17) is 0 Å². The minimum atomic E-state index is -0.891. The number of aliphatic carboxylic acids is 2. The number of carbonyl (C=O) groups is 2. The van der Waals surface area contributed by atoms with Crippen LogP contribution in [0.5, 0.6) is 0 Å². The van der Waals surface area contributed by atoms with Gasteiger partial charge in [0.25, 0.3) is 0 Å². The molecule has 4 nitrogen and oxygen atoms in total. The molecule has 0 aliphatic carbocycles. The predicted octanol–water partition coefficient (Wildman–Crippen LogP) is 6.44. The third kappa shape index (κ3) is 7.65. The SMILES string of the molecule is CC(C)CCCC(C(=O)O)c1cccc(Br)c1C(CCCC(C)C)C(=O)O. The number of hydrogen-bond donors (Lipinski definition) is 2.